The molecule has 1 aliphatic heterocycles. The van der Waals surface area contributed by atoms with Crippen LogP contribution in [0.2, 0.25) is 0 Å². The quantitative estimate of drug-likeness (QED) is 0.169. The van der Waals surface area contributed by atoms with Crippen molar-refractivity contribution < 1.29 is 25.8 Å². The molecule has 6 aromatic rings. The number of hydrogen-bond acceptors (Lipinski definition) is 6. The average molecular weight is 740 g/mol. The van der Waals surface area contributed by atoms with E-state index in [1.807, 2.05) is 60.3 Å². The normalized spacial score (nSPS) is 13.5. The Kier molecular flexibility index (Phi) is 6.98. The third-order valence-corrected chi connectivity index (χ3v) is 8.78. The summed E-state index contributed by atoms with van der Waals surface area (Å²) >= 11 is 3.37. The molecule has 204 valence electrons. The van der Waals surface area contributed by atoms with Crippen LogP contribution in [0, 0.1) is 18.8 Å². The van der Waals surface area contributed by atoms with Gasteiger partial charge >= 0.3 is 0 Å². The fourth-order valence-corrected chi connectivity index (χ4v) is 6.69. The molecule has 7 rings (SSSR count). The molecule has 0 saturated carbocycles. The maximum Gasteiger partial charge on any atom is 0.107 e. The van der Waals surface area contributed by atoms with Gasteiger partial charge in [0.25, 0.3) is 0 Å². The molecular weight excluding hydrogens is 714 g/mol. The Morgan fingerprint density at radius 2 is 1.82 bits per heavy atom. The Morgan fingerprint density at radius 1 is 0.950 bits per heavy atom. The monoisotopic (exact) mass is 739 g/mol. The summed E-state index contributed by atoms with van der Waals surface area (Å²) in [6.45, 7) is 8.71. The van der Waals surface area contributed by atoms with Gasteiger partial charge in [-0.25, -0.2) is 0 Å². The zero-order valence-electron chi connectivity index (χ0n) is 22.5. The molecular formula is C33H26N3OPtS2-3. The number of rotatable bonds is 4. The van der Waals surface area contributed by atoms with E-state index in [-0.39, 0.29) is 26.5 Å². The summed E-state index contributed by atoms with van der Waals surface area (Å²) in [7, 11) is 2.00. The maximum absolute atomic E-state index is 6.36. The predicted octanol–water partition coefficient (Wildman–Crippen LogP) is 9.36. The van der Waals surface area contributed by atoms with Crippen LogP contribution >= 0.6 is 22.7 Å². The molecule has 0 aliphatic carbocycles. The zero-order valence-corrected chi connectivity index (χ0v) is 26.4. The molecule has 0 radical (unpaired) electrons. The van der Waals surface area contributed by atoms with Crippen molar-refractivity contribution in [1.29, 1.82) is 0 Å². The van der Waals surface area contributed by atoms with Gasteiger partial charge in [0, 0.05) is 43.4 Å². The molecule has 3 aromatic carbocycles. The van der Waals surface area contributed by atoms with Crippen LogP contribution in [0.1, 0.15) is 26.3 Å². The Hall–Kier alpha value is -3.18. The Bertz CT molecular complexity index is 1900. The molecule has 0 fully saturated rings. The van der Waals surface area contributed by atoms with Gasteiger partial charge in [0.15, 0.2) is 0 Å². The number of anilines is 1. The third-order valence-electron chi connectivity index (χ3n) is 6.99. The van der Waals surface area contributed by atoms with Gasteiger partial charge in [-0.1, -0.05) is 42.5 Å². The van der Waals surface area contributed by atoms with E-state index in [0.717, 1.165) is 27.0 Å². The first-order valence-corrected chi connectivity index (χ1v) is 14.5. The van der Waals surface area contributed by atoms with Crippen molar-refractivity contribution in [3.63, 3.8) is 0 Å². The van der Waals surface area contributed by atoms with E-state index in [4.69, 9.17) is 9.72 Å². The van der Waals surface area contributed by atoms with E-state index in [0.29, 0.717) is 10.8 Å². The van der Waals surface area contributed by atoms with Gasteiger partial charge in [-0.15, -0.1) is 41.3 Å². The Morgan fingerprint density at radius 3 is 2.62 bits per heavy atom. The van der Waals surface area contributed by atoms with Gasteiger partial charge in [-0.05, 0) is 76.9 Å². The van der Waals surface area contributed by atoms with Crippen molar-refractivity contribution in [2.75, 3.05) is 11.9 Å². The molecule has 0 unspecified atom stereocenters. The number of ether oxygens (including phenoxy) is 1. The topological polar surface area (TPSA) is 28.6 Å². The van der Waals surface area contributed by atoms with E-state index >= 15 is 0 Å². The number of hydrogen-bond donors (Lipinski definition) is 0. The van der Waals surface area contributed by atoms with E-state index in [1.54, 1.807) is 22.7 Å². The van der Waals surface area contributed by atoms with Crippen molar-refractivity contribution in [2.24, 2.45) is 0 Å². The molecule has 1 aliphatic rings. The van der Waals surface area contributed by atoms with E-state index in [9.17, 15) is 0 Å². The van der Waals surface area contributed by atoms with Gasteiger partial charge in [-0.2, -0.15) is 29.5 Å². The first kappa shape index (κ1) is 27.0. The fraction of sp³-hybridized carbons (Fsp3) is 0.152. The first-order chi connectivity index (χ1) is 18.8. The first-order valence-electron chi connectivity index (χ1n) is 12.8. The smallest absolute Gasteiger partial charge is 0.107 e. The minimum atomic E-state index is 0. The molecule has 0 bridgehead atoms. The van der Waals surface area contributed by atoms with Gasteiger partial charge in [0.2, 0.25) is 0 Å². The number of benzene rings is 3. The van der Waals surface area contributed by atoms with Crippen LogP contribution < -0.4 is 9.64 Å². The molecule has 7 heteroatoms. The average Bonchev–Trinajstić information content (AvgIpc) is 3.65. The largest absolute Gasteiger partial charge is 0.510 e. The molecule has 0 N–H and O–H groups in total. The number of fused-ring (bicyclic) bond motifs is 3. The number of thiophene rings is 2. The summed E-state index contributed by atoms with van der Waals surface area (Å²) in [6.07, 6.45) is 5.93. The summed E-state index contributed by atoms with van der Waals surface area (Å²) in [4.78, 5) is 8.89. The second-order valence-corrected chi connectivity index (χ2v) is 12.8. The van der Waals surface area contributed by atoms with E-state index in [1.165, 1.54) is 26.4 Å². The van der Waals surface area contributed by atoms with Gasteiger partial charge < -0.3 is 14.5 Å². The zero-order chi connectivity index (χ0) is 26.7. The van der Waals surface area contributed by atoms with Crippen LogP contribution in [0.25, 0.3) is 42.2 Å². The van der Waals surface area contributed by atoms with Crippen LogP contribution in [-0.4, -0.2) is 16.9 Å². The summed E-state index contributed by atoms with van der Waals surface area (Å²) in [6, 6.07) is 26.3. The SMILES string of the molecule is CN1C=CN(c2[c-]c(Oc3[c-]c4c(-c5cc(C(C)(C)C)ccn5)c5cc6sccc6cc5cc4s3)ccc2)[CH-]1.[Pt]. The van der Waals surface area contributed by atoms with Crippen LogP contribution in [0.3, 0.4) is 0 Å². The van der Waals surface area contributed by atoms with Crippen LogP contribution in [-0.2, 0) is 26.5 Å². The van der Waals surface area contributed by atoms with Crippen molar-refractivity contribution in [1.82, 2.24) is 9.88 Å². The molecule has 0 amide bonds. The molecule has 4 nitrogen and oxygen atoms in total. The van der Waals surface area contributed by atoms with Crippen LogP contribution in [0.4, 0.5) is 5.69 Å². The van der Waals surface area contributed by atoms with Crippen LogP contribution in [0.5, 0.6) is 10.8 Å². The maximum atomic E-state index is 6.36. The molecule has 40 heavy (non-hydrogen) atoms. The summed E-state index contributed by atoms with van der Waals surface area (Å²) in [5, 5.41) is 7.54. The minimum Gasteiger partial charge on any atom is -0.510 e. The van der Waals surface area contributed by atoms with Crippen molar-refractivity contribution >= 4 is 59.3 Å². The van der Waals surface area contributed by atoms with Crippen molar-refractivity contribution in [3.8, 4) is 22.1 Å². The standard InChI is InChI=1S/C33H26N3OS2.Pt/c1-33(2,3)23-8-10-34-28(16-23)32-26-18-29-21(9-13-38-29)14-22(26)15-30-27(32)19-31(39-30)37-25-7-5-6-24(17-25)36-12-11-35(4)20-36;/h5-16,18,20H,1-4H3;/q-3;. The minimum absolute atomic E-state index is 0. The Labute approximate surface area is 256 Å². The Balaban J connectivity index is 0.00000289. The van der Waals surface area contributed by atoms with Gasteiger partial charge in [-0.3, -0.25) is 4.98 Å². The molecule has 0 atom stereocenters. The van der Waals surface area contributed by atoms with Crippen molar-refractivity contribution in [3.05, 3.63) is 103 Å². The second kappa shape index (κ2) is 10.3. The van der Waals surface area contributed by atoms with Crippen LogP contribution in [0.15, 0.2) is 78.6 Å². The third kappa shape index (κ3) is 4.94. The predicted molar refractivity (Wildman–Crippen MR) is 165 cm³/mol. The number of nitrogens with zero attached hydrogens (tertiary/aromatic N) is 3. The number of aromatic nitrogens is 1. The molecule has 0 spiro atoms. The second-order valence-electron chi connectivity index (χ2n) is 10.8. The van der Waals surface area contributed by atoms with Gasteiger partial charge in [0.05, 0.1) is 0 Å². The van der Waals surface area contributed by atoms with Crippen molar-refractivity contribution in [2.45, 2.75) is 26.2 Å². The fourth-order valence-electron chi connectivity index (χ4n) is 4.95. The van der Waals surface area contributed by atoms with Gasteiger partial charge in [0.1, 0.15) is 5.06 Å². The molecule has 0 saturated heterocycles. The van der Waals surface area contributed by atoms with E-state index < -0.39 is 0 Å². The summed E-state index contributed by atoms with van der Waals surface area (Å²) in [5.74, 6) is 0.658. The number of pyridine rings is 1. The van der Waals surface area contributed by atoms with E-state index in [2.05, 4.69) is 74.7 Å². The molecule has 4 heterocycles. The summed E-state index contributed by atoms with van der Waals surface area (Å²) in [5.41, 5.74) is 4.26. The molecule has 3 aromatic heterocycles. The summed E-state index contributed by atoms with van der Waals surface area (Å²) < 4.78 is 8.75.